The Morgan fingerprint density at radius 1 is 1.23 bits per heavy atom. The van der Waals surface area contributed by atoms with Crippen LogP contribution < -0.4 is 0 Å². The molecule has 2 amide bonds. The summed E-state index contributed by atoms with van der Waals surface area (Å²) in [4.78, 5) is 36.5. The van der Waals surface area contributed by atoms with Crippen LogP contribution in [-0.4, -0.2) is 45.6 Å². The molecule has 1 aliphatic heterocycles. The highest BCUT2D eigenvalue weighted by molar-refractivity contribution is 6.36. The lowest BCUT2D eigenvalue weighted by Gasteiger charge is -2.12. The first-order valence-corrected chi connectivity index (χ1v) is 10.2. The van der Waals surface area contributed by atoms with Gasteiger partial charge >= 0.3 is 5.97 Å². The number of esters is 1. The van der Waals surface area contributed by atoms with Gasteiger partial charge in [0.2, 0.25) is 5.91 Å². The zero-order chi connectivity index (χ0) is 21.8. The van der Waals surface area contributed by atoms with Crippen molar-refractivity contribution in [2.45, 2.75) is 26.3 Å². The molecule has 1 fully saturated rings. The van der Waals surface area contributed by atoms with Gasteiger partial charge in [0.05, 0.1) is 12.2 Å². The second kappa shape index (κ2) is 9.64. The van der Waals surface area contributed by atoms with E-state index in [0.717, 1.165) is 11.0 Å². The fraction of sp³-hybridized carbons (Fsp3) is 0.300. The molecule has 0 atom stereocenters. The average Bonchev–Trinajstić information content (AvgIpc) is 3.24. The van der Waals surface area contributed by atoms with E-state index in [4.69, 9.17) is 39.5 Å². The fourth-order valence-electron chi connectivity index (χ4n) is 3.02. The Labute approximate surface area is 188 Å². The van der Waals surface area contributed by atoms with E-state index < -0.39 is 18.5 Å². The Morgan fingerprint density at radius 2 is 1.93 bits per heavy atom. The summed E-state index contributed by atoms with van der Waals surface area (Å²) in [6, 6.07) is 5.19. The van der Waals surface area contributed by atoms with Gasteiger partial charge in [-0.15, -0.1) is 0 Å². The molecule has 30 heavy (non-hydrogen) atoms. The highest BCUT2D eigenvalue weighted by Gasteiger charge is 2.26. The van der Waals surface area contributed by atoms with Gasteiger partial charge < -0.3 is 4.74 Å². The number of hydrogen-bond donors (Lipinski definition) is 0. The Kier molecular flexibility index (Phi) is 7.18. The molecule has 0 aliphatic carbocycles. The Balaban J connectivity index is 1.65. The van der Waals surface area contributed by atoms with Crippen LogP contribution in [-0.2, 0) is 25.7 Å². The van der Waals surface area contributed by atoms with Crippen LogP contribution in [0.1, 0.15) is 29.7 Å². The summed E-state index contributed by atoms with van der Waals surface area (Å²) in [6.07, 6.45) is 3.57. The number of aromatic nitrogens is 2. The molecular formula is C20H18Cl3N3O4. The lowest BCUT2D eigenvalue weighted by Crippen LogP contribution is -2.35. The van der Waals surface area contributed by atoms with Crippen LogP contribution in [0.2, 0.25) is 15.2 Å². The van der Waals surface area contributed by atoms with Crippen LogP contribution in [0.4, 0.5) is 0 Å². The number of benzene rings is 1. The standard InChI is InChI=1S/C20H18Cl3N3O4/c1-12-13(7-8-19(29)30-11-18(28)25-9-3-6-17(25)27)20(23)26(24-12)10-14-15(21)4-2-5-16(14)22/h2,4-5,7-8H,3,6,9-11H2,1H3. The number of rotatable bonds is 6. The van der Waals surface area contributed by atoms with E-state index in [0.29, 0.717) is 51.4 Å². The van der Waals surface area contributed by atoms with Gasteiger partial charge in [0, 0.05) is 40.2 Å². The van der Waals surface area contributed by atoms with Crippen LogP contribution in [0.15, 0.2) is 24.3 Å². The summed E-state index contributed by atoms with van der Waals surface area (Å²) in [5.74, 6) is -1.51. The minimum Gasteiger partial charge on any atom is -0.452 e. The quantitative estimate of drug-likeness (QED) is 0.472. The largest absolute Gasteiger partial charge is 0.452 e. The van der Waals surface area contributed by atoms with Crippen LogP contribution in [0, 0.1) is 6.92 Å². The molecule has 1 saturated heterocycles. The number of carbonyl (C=O) groups is 3. The van der Waals surface area contributed by atoms with Crippen molar-refractivity contribution in [3.05, 3.63) is 56.3 Å². The molecule has 1 aromatic heterocycles. The molecule has 0 saturated carbocycles. The first-order valence-electron chi connectivity index (χ1n) is 9.11. The number of aryl methyl sites for hydroxylation is 1. The number of likely N-dealkylation sites (tertiary alicyclic amines) is 1. The van der Waals surface area contributed by atoms with Crippen molar-refractivity contribution in [3.8, 4) is 0 Å². The molecule has 2 aromatic rings. The van der Waals surface area contributed by atoms with Gasteiger partial charge in [-0.25, -0.2) is 9.48 Å². The molecule has 7 nitrogen and oxygen atoms in total. The van der Waals surface area contributed by atoms with Crippen LogP contribution in [0.25, 0.3) is 6.08 Å². The molecule has 3 rings (SSSR count). The number of ether oxygens (including phenoxy) is 1. The lowest BCUT2D eigenvalue weighted by molar-refractivity contribution is -0.151. The summed E-state index contributed by atoms with van der Waals surface area (Å²) >= 11 is 18.8. The van der Waals surface area contributed by atoms with E-state index in [1.165, 1.54) is 10.8 Å². The van der Waals surface area contributed by atoms with Gasteiger partial charge in [0.1, 0.15) is 5.15 Å². The zero-order valence-corrected chi connectivity index (χ0v) is 18.3. The normalized spacial score (nSPS) is 14.0. The van der Waals surface area contributed by atoms with Gasteiger partial charge in [-0.05, 0) is 31.6 Å². The summed E-state index contributed by atoms with van der Waals surface area (Å²) in [5, 5.41) is 5.65. The molecule has 158 valence electrons. The maximum absolute atomic E-state index is 12.0. The molecule has 0 bridgehead atoms. The van der Waals surface area contributed by atoms with E-state index in [-0.39, 0.29) is 12.5 Å². The molecule has 0 N–H and O–H groups in total. The summed E-state index contributed by atoms with van der Waals surface area (Å²) < 4.78 is 6.45. The molecule has 1 aromatic carbocycles. The molecule has 0 spiro atoms. The minimum absolute atomic E-state index is 0.250. The first-order chi connectivity index (χ1) is 14.3. The van der Waals surface area contributed by atoms with Crippen molar-refractivity contribution in [1.29, 1.82) is 0 Å². The van der Waals surface area contributed by atoms with Crippen molar-refractivity contribution < 1.29 is 19.1 Å². The van der Waals surface area contributed by atoms with Crippen molar-refractivity contribution >= 4 is 58.7 Å². The number of carbonyl (C=O) groups excluding carboxylic acids is 3. The van der Waals surface area contributed by atoms with E-state index >= 15 is 0 Å². The van der Waals surface area contributed by atoms with Gasteiger partial charge in [-0.2, -0.15) is 5.10 Å². The minimum atomic E-state index is -0.729. The molecule has 2 heterocycles. The van der Waals surface area contributed by atoms with Crippen molar-refractivity contribution in [2.75, 3.05) is 13.2 Å². The topological polar surface area (TPSA) is 81.5 Å². The maximum atomic E-state index is 12.0. The van der Waals surface area contributed by atoms with Crippen molar-refractivity contribution in [2.24, 2.45) is 0 Å². The first kappa shape index (κ1) is 22.3. The van der Waals surface area contributed by atoms with Crippen LogP contribution in [0.5, 0.6) is 0 Å². The monoisotopic (exact) mass is 469 g/mol. The van der Waals surface area contributed by atoms with E-state index in [1.54, 1.807) is 25.1 Å². The predicted molar refractivity (Wildman–Crippen MR) is 113 cm³/mol. The molecule has 0 radical (unpaired) electrons. The molecule has 10 heteroatoms. The van der Waals surface area contributed by atoms with Gasteiger partial charge in [0.25, 0.3) is 5.91 Å². The number of amides is 2. The number of nitrogens with zero attached hydrogens (tertiary/aromatic N) is 3. The molecule has 1 aliphatic rings. The lowest BCUT2D eigenvalue weighted by atomic mass is 10.2. The molecule has 0 unspecified atom stereocenters. The van der Waals surface area contributed by atoms with E-state index in [2.05, 4.69) is 5.10 Å². The smallest absolute Gasteiger partial charge is 0.331 e. The highest BCUT2D eigenvalue weighted by atomic mass is 35.5. The number of hydrogen-bond acceptors (Lipinski definition) is 5. The second-order valence-corrected chi connectivity index (χ2v) is 7.80. The van der Waals surface area contributed by atoms with Gasteiger partial charge in [-0.1, -0.05) is 40.9 Å². The second-order valence-electron chi connectivity index (χ2n) is 6.63. The predicted octanol–water partition coefficient (Wildman–Crippen LogP) is 3.91. The Morgan fingerprint density at radius 3 is 2.57 bits per heavy atom. The number of halogens is 3. The molecular weight excluding hydrogens is 453 g/mol. The summed E-state index contributed by atoms with van der Waals surface area (Å²) in [7, 11) is 0. The Hall–Kier alpha value is -2.35. The summed E-state index contributed by atoms with van der Waals surface area (Å²) in [6.45, 7) is 1.86. The SMILES string of the molecule is Cc1nn(Cc2c(Cl)cccc2Cl)c(Cl)c1C=CC(=O)OCC(=O)N1CCCC1=O. The van der Waals surface area contributed by atoms with Crippen molar-refractivity contribution in [1.82, 2.24) is 14.7 Å². The van der Waals surface area contributed by atoms with Crippen LogP contribution >= 0.6 is 34.8 Å². The zero-order valence-electron chi connectivity index (χ0n) is 16.0. The van der Waals surface area contributed by atoms with Crippen LogP contribution in [0.3, 0.4) is 0 Å². The van der Waals surface area contributed by atoms with Gasteiger partial charge in [0.15, 0.2) is 6.61 Å². The summed E-state index contributed by atoms with van der Waals surface area (Å²) in [5.41, 5.74) is 1.79. The maximum Gasteiger partial charge on any atom is 0.331 e. The highest BCUT2D eigenvalue weighted by Crippen LogP contribution is 2.28. The third-order valence-corrected chi connectivity index (χ3v) is 5.68. The van der Waals surface area contributed by atoms with E-state index in [9.17, 15) is 14.4 Å². The third-order valence-electron chi connectivity index (χ3n) is 4.58. The average molecular weight is 471 g/mol. The van der Waals surface area contributed by atoms with E-state index in [1.807, 2.05) is 0 Å². The van der Waals surface area contributed by atoms with Gasteiger partial charge in [-0.3, -0.25) is 14.5 Å². The van der Waals surface area contributed by atoms with Crippen molar-refractivity contribution in [3.63, 3.8) is 0 Å². The Bertz CT molecular complexity index is 1010. The number of imide groups is 1. The third kappa shape index (κ3) is 5.03. The fourth-order valence-corrected chi connectivity index (χ4v) is 3.83.